The molecule has 0 fully saturated rings. The summed E-state index contributed by atoms with van der Waals surface area (Å²) in [5, 5.41) is 16.2. The molecule has 2 heterocycles. The molecule has 0 saturated carbocycles. The van der Waals surface area contributed by atoms with E-state index in [0.29, 0.717) is 16.8 Å². The fraction of sp³-hybridized carbons (Fsp3) is 0.0833. The Labute approximate surface area is 194 Å². The maximum Gasteiger partial charge on any atom is 0.218 e. The van der Waals surface area contributed by atoms with Gasteiger partial charge >= 0.3 is 0 Å². The maximum atomic E-state index is 4.78. The number of para-hydroxylation sites is 3. The molecule has 0 unspecified atom stereocenters. The molecule has 0 atom stereocenters. The molecular weight excluding hydrogens is 436 g/mol. The van der Waals surface area contributed by atoms with E-state index in [-0.39, 0.29) is 0 Å². The Morgan fingerprint density at radius 1 is 0.688 bits per heavy atom. The lowest BCUT2D eigenvalue weighted by Crippen LogP contribution is -2.06. The number of nitrogens with one attached hydrogen (secondary N) is 2. The van der Waals surface area contributed by atoms with Gasteiger partial charge in [-0.2, -0.15) is 4.98 Å². The van der Waals surface area contributed by atoms with E-state index in [2.05, 4.69) is 57.9 Å². The van der Waals surface area contributed by atoms with Gasteiger partial charge in [0.15, 0.2) is 16.0 Å². The van der Waals surface area contributed by atoms with Crippen LogP contribution in [0.15, 0.2) is 82.3 Å². The molecule has 32 heavy (non-hydrogen) atoms. The average molecular weight is 457 g/mol. The van der Waals surface area contributed by atoms with Crippen LogP contribution in [-0.4, -0.2) is 20.2 Å². The summed E-state index contributed by atoms with van der Waals surface area (Å²) in [4.78, 5) is 9.46. The van der Waals surface area contributed by atoms with E-state index in [0.717, 1.165) is 37.1 Å². The summed E-state index contributed by atoms with van der Waals surface area (Å²) in [5.41, 5.74) is 5.14. The number of hydrogen-bond acceptors (Lipinski definition) is 8. The Hall–Kier alpha value is -3.49. The standard InChI is InChI=1S/C24H20N6S2/c1-15-9-3-5-11-17(15)25-21-22(26-18-12-6-4-10-16(18)2)29-30-23(28-21)32-24-27-19-13-7-8-14-20(19)31-24/h3-14H,1-2H3,(H,26,29)(H,25,28,30). The molecule has 158 valence electrons. The van der Waals surface area contributed by atoms with Crippen LogP contribution in [0.25, 0.3) is 10.2 Å². The molecule has 5 aromatic rings. The number of fused-ring (bicyclic) bond motifs is 1. The van der Waals surface area contributed by atoms with Crippen LogP contribution >= 0.6 is 23.1 Å². The molecule has 0 saturated heterocycles. The van der Waals surface area contributed by atoms with E-state index in [9.17, 15) is 0 Å². The highest BCUT2D eigenvalue weighted by Gasteiger charge is 2.14. The van der Waals surface area contributed by atoms with Gasteiger partial charge in [0.1, 0.15) is 0 Å². The van der Waals surface area contributed by atoms with Gasteiger partial charge in [-0.25, -0.2) is 4.98 Å². The first kappa shape index (κ1) is 20.4. The van der Waals surface area contributed by atoms with Crippen LogP contribution in [0, 0.1) is 13.8 Å². The summed E-state index contributed by atoms with van der Waals surface area (Å²) < 4.78 is 2.02. The van der Waals surface area contributed by atoms with E-state index < -0.39 is 0 Å². The molecule has 6 nitrogen and oxygen atoms in total. The fourth-order valence-corrected chi connectivity index (χ4v) is 5.06. The Bertz CT molecular complexity index is 1370. The van der Waals surface area contributed by atoms with Crippen LogP contribution in [0.1, 0.15) is 11.1 Å². The minimum Gasteiger partial charge on any atom is -0.337 e. The van der Waals surface area contributed by atoms with Crippen LogP contribution in [0.2, 0.25) is 0 Å². The second-order valence-corrected chi connectivity index (χ2v) is 9.47. The molecule has 0 aliphatic heterocycles. The van der Waals surface area contributed by atoms with Gasteiger partial charge in [-0.05, 0) is 61.0 Å². The summed E-state index contributed by atoms with van der Waals surface area (Å²) in [7, 11) is 0. The van der Waals surface area contributed by atoms with Crippen molar-refractivity contribution in [3.8, 4) is 0 Å². The first-order valence-electron chi connectivity index (χ1n) is 10.1. The minimum atomic E-state index is 0.537. The second-order valence-electron chi connectivity index (χ2n) is 7.22. The van der Waals surface area contributed by atoms with Crippen molar-refractivity contribution < 1.29 is 0 Å². The van der Waals surface area contributed by atoms with Gasteiger partial charge in [0, 0.05) is 11.4 Å². The van der Waals surface area contributed by atoms with Gasteiger partial charge in [-0.15, -0.1) is 21.5 Å². The molecule has 0 spiro atoms. The third-order valence-corrected chi connectivity index (χ3v) is 6.87. The number of aryl methyl sites for hydroxylation is 2. The third kappa shape index (κ3) is 4.42. The average Bonchev–Trinajstić information content (AvgIpc) is 3.21. The van der Waals surface area contributed by atoms with E-state index in [1.165, 1.54) is 11.8 Å². The lowest BCUT2D eigenvalue weighted by molar-refractivity contribution is 0.850. The molecule has 3 aromatic carbocycles. The van der Waals surface area contributed by atoms with Crippen LogP contribution in [0.5, 0.6) is 0 Å². The van der Waals surface area contributed by atoms with Gasteiger partial charge < -0.3 is 10.6 Å². The van der Waals surface area contributed by atoms with Crippen molar-refractivity contribution in [3.63, 3.8) is 0 Å². The Balaban J connectivity index is 1.50. The highest BCUT2D eigenvalue weighted by molar-refractivity contribution is 8.01. The zero-order valence-electron chi connectivity index (χ0n) is 17.5. The Kier molecular flexibility index (Phi) is 5.70. The van der Waals surface area contributed by atoms with Gasteiger partial charge in [-0.3, -0.25) is 0 Å². The van der Waals surface area contributed by atoms with Crippen LogP contribution in [-0.2, 0) is 0 Å². The van der Waals surface area contributed by atoms with Crippen molar-refractivity contribution >= 4 is 56.3 Å². The number of anilines is 4. The van der Waals surface area contributed by atoms with E-state index in [1.54, 1.807) is 11.3 Å². The predicted molar refractivity (Wildman–Crippen MR) is 132 cm³/mol. The zero-order chi connectivity index (χ0) is 21.9. The summed E-state index contributed by atoms with van der Waals surface area (Å²) in [6, 6.07) is 24.2. The molecule has 0 radical (unpaired) electrons. The van der Waals surface area contributed by atoms with Crippen molar-refractivity contribution in [2.24, 2.45) is 0 Å². The summed E-state index contributed by atoms with van der Waals surface area (Å²) >= 11 is 3.04. The van der Waals surface area contributed by atoms with E-state index in [4.69, 9.17) is 4.98 Å². The topological polar surface area (TPSA) is 75.6 Å². The molecule has 0 bridgehead atoms. The van der Waals surface area contributed by atoms with Crippen molar-refractivity contribution in [1.29, 1.82) is 0 Å². The summed E-state index contributed by atoms with van der Waals surface area (Å²) in [6.45, 7) is 4.11. The monoisotopic (exact) mass is 456 g/mol. The van der Waals surface area contributed by atoms with E-state index in [1.807, 2.05) is 54.6 Å². The van der Waals surface area contributed by atoms with Crippen LogP contribution < -0.4 is 10.6 Å². The lowest BCUT2D eigenvalue weighted by Gasteiger charge is -2.14. The largest absolute Gasteiger partial charge is 0.337 e. The van der Waals surface area contributed by atoms with Crippen molar-refractivity contribution in [3.05, 3.63) is 83.9 Å². The molecule has 0 aliphatic carbocycles. The van der Waals surface area contributed by atoms with Crippen LogP contribution in [0.4, 0.5) is 23.0 Å². The number of aromatic nitrogens is 4. The van der Waals surface area contributed by atoms with Gasteiger partial charge in [-0.1, -0.05) is 48.5 Å². The Morgan fingerprint density at radius 2 is 1.31 bits per heavy atom. The quantitative estimate of drug-likeness (QED) is 0.293. The highest BCUT2D eigenvalue weighted by Crippen LogP contribution is 2.34. The summed E-state index contributed by atoms with van der Waals surface area (Å²) in [5.74, 6) is 1.18. The Morgan fingerprint density at radius 3 is 2.00 bits per heavy atom. The summed E-state index contributed by atoms with van der Waals surface area (Å²) in [6.07, 6.45) is 0. The fourth-order valence-electron chi connectivity index (χ4n) is 3.18. The molecular formula is C24H20N6S2. The first-order chi connectivity index (χ1) is 15.7. The van der Waals surface area contributed by atoms with Crippen molar-refractivity contribution in [1.82, 2.24) is 20.2 Å². The second kappa shape index (κ2) is 8.94. The number of hydrogen-bond donors (Lipinski definition) is 2. The molecule has 0 aliphatic rings. The molecule has 2 N–H and O–H groups in total. The van der Waals surface area contributed by atoms with Gasteiger partial charge in [0.25, 0.3) is 0 Å². The van der Waals surface area contributed by atoms with Gasteiger partial charge in [0.2, 0.25) is 5.16 Å². The van der Waals surface area contributed by atoms with Gasteiger partial charge in [0.05, 0.1) is 10.2 Å². The third-order valence-electron chi connectivity index (χ3n) is 4.92. The predicted octanol–water partition coefficient (Wildman–Crippen LogP) is 6.74. The van der Waals surface area contributed by atoms with Crippen LogP contribution in [0.3, 0.4) is 0 Å². The number of nitrogens with zero attached hydrogens (tertiary/aromatic N) is 4. The maximum absolute atomic E-state index is 4.78. The molecule has 0 amide bonds. The molecule has 5 rings (SSSR count). The van der Waals surface area contributed by atoms with Crippen molar-refractivity contribution in [2.45, 2.75) is 23.3 Å². The smallest absolute Gasteiger partial charge is 0.218 e. The highest BCUT2D eigenvalue weighted by atomic mass is 32.2. The number of rotatable bonds is 6. The SMILES string of the molecule is Cc1ccccc1Nc1nnc(Sc2nc3ccccc3s2)nc1Nc1ccccc1C. The molecule has 8 heteroatoms. The number of benzene rings is 3. The normalized spacial score (nSPS) is 10.9. The zero-order valence-corrected chi connectivity index (χ0v) is 19.2. The number of thiazole rings is 1. The first-order valence-corrected chi connectivity index (χ1v) is 11.7. The van der Waals surface area contributed by atoms with Crippen molar-refractivity contribution in [2.75, 3.05) is 10.6 Å². The molecule has 2 aromatic heterocycles. The van der Waals surface area contributed by atoms with E-state index >= 15 is 0 Å². The minimum absolute atomic E-state index is 0.537. The lowest BCUT2D eigenvalue weighted by atomic mass is 10.2.